The van der Waals surface area contributed by atoms with Crippen LogP contribution in [0.1, 0.15) is 34.6 Å². The maximum absolute atomic E-state index is 12.9. The quantitative estimate of drug-likeness (QED) is 0.903. The van der Waals surface area contributed by atoms with Crippen LogP contribution in [0.5, 0.6) is 0 Å². The topological polar surface area (TPSA) is 68.0 Å². The molecule has 1 heterocycles. The Hall–Kier alpha value is -2.43. The van der Waals surface area contributed by atoms with Gasteiger partial charge in [-0.1, -0.05) is 12.1 Å². The molecule has 1 atom stereocenters. The van der Waals surface area contributed by atoms with E-state index in [9.17, 15) is 9.18 Å². The maximum atomic E-state index is 12.9. The number of amides is 1. The molecule has 0 spiro atoms. The van der Waals surface area contributed by atoms with Crippen molar-refractivity contribution < 1.29 is 9.18 Å². The summed E-state index contributed by atoms with van der Waals surface area (Å²) < 4.78 is 12.9. The van der Waals surface area contributed by atoms with Crippen molar-refractivity contribution in [1.82, 2.24) is 10.3 Å². The molecule has 0 saturated carbocycles. The molecule has 0 aliphatic carbocycles. The molecule has 1 unspecified atom stereocenters. The summed E-state index contributed by atoms with van der Waals surface area (Å²) in [6.45, 7) is 3.61. The fourth-order valence-corrected chi connectivity index (χ4v) is 1.94. The number of aryl methyl sites for hydroxylation is 1. The number of halogens is 1. The first-order valence-electron chi connectivity index (χ1n) is 6.26. The molecule has 0 radical (unpaired) electrons. The number of nitrogens with one attached hydrogen (secondary N) is 1. The standard InChI is InChI=1S/C15H16FN3O/c1-9-7-12(8-14(17)18-9)15(20)19-10(2)11-3-5-13(16)6-4-11/h3-8,10H,1-2H3,(H2,17,18)(H,19,20). The zero-order valence-electron chi connectivity index (χ0n) is 11.4. The van der Waals surface area contributed by atoms with E-state index in [0.29, 0.717) is 17.1 Å². The van der Waals surface area contributed by atoms with E-state index >= 15 is 0 Å². The van der Waals surface area contributed by atoms with Crippen LogP contribution in [0.4, 0.5) is 10.2 Å². The highest BCUT2D eigenvalue weighted by atomic mass is 19.1. The van der Waals surface area contributed by atoms with Crippen LogP contribution in [-0.4, -0.2) is 10.9 Å². The van der Waals surface area contributed by atoms with Crippen molar-refractivity contribution in [3.8, 4) is 0 Å². The number of benzene rings is 1. The number of anilines is 1. The Morgan fingerprint density at radius 3 is 2.55 bits per heavy atom. The molecule has 2 aromatic rings. The van der Waals surface area contributed by atoms with E-state index in [1.807, 2.05) is 6.92 Å². The summed E-state index contributed by atoms with van der Waals surface area (Å²) in [6.07, 6.45) is 0. The molecule has 0 saturated heterocycles. The summed E-state index contributed by atoms with van der Waals surface area (Å²) in [4.78, 5) is 16.2. The Morgan fingerprint density at radius 1 is 1.30 bits per heavy atom. The van der Waals surface area contributed by atoms with Crippen LogP contribution in [0.3, 0.4) is 0 Å². The van der Waals surface area contributed by atoms with Gasteiger partial charge in [0, 0.05) is 11.3 Å². The SMILES string of the molecule is Cc1cc(C(=O)NC(C)c2ccc(F)cc2)cc(N)n1. The highest BCUT2D eigenvalue weighted by Crippen LogP contribution is 2.14. The second-order valence-corrected chi connectivity index (χ2v) is 4.67. The summed E-state index contributed by atoms with van der Waals surface area (Å²) in [6, 6.07) is 9.00. The lowest BCUT2D eigenvalue weighted by molar-refractivity contribution is 0.0939. The van der Waals surface area contributed by atoms with Crippen molar-refractivity contribution in [3.05, 3.63) is 59.0 Å². The Morgan fingerprint density at radius 2 is 1.95 bits per heavy atom. The second kappa shape index (κ2) is 5.69. The molecule has 3 N–H and O–H groups in total. The van der Waals surface area contributed by atoms with Gasteiger partial charge in [0.2, 0.25) is 0 Å². The molecule has 0 fully saturated rings. The minimum Gasteiger partial charge on any atom is -0.384 e. The van der Waals surface area contributed by atoms with Gasteiger partial charge in [-0.3, -0.25) is 4.79 Å². The van der Waals surface area contributed by atoms with Crippen LogP contribution in [0.15, 0.2) is 36.4 Å². The Bertz CT molecular complexity index is 605. The van der Waals surface area contributed by atoms with Crippen LogP contribution >= 0.6 is 0 Å². The van der Waals surface area contributed by atoms with Crippen LogP contribution in [0, 0.1) is 12.7 Å². The summed E-state index contributed by atoms with van der Waals surface area (Å²) in [7, 11) is 0. The predicted molar refractivity (Wildman–Crippen MR) is 75.7 cm³/mol. The van der Waals surface area contributed by atoms with Crippen molar-refractivity contribution in [2.75, 3.05) is 5.73 Å². The number of nitrogens with two attached hydrogens (primary N) is 1. The van der Waals surface area contributed by atoms with Gasteiger partial charge in [-0.05, 0) is 43.7 Å². The number of aromatic nitrogens is 1. The number of carbonyl (C=O) groups is 1. The lowest BCUT2D eigenvalue weighted by atomic mass is 10.1. The lowest BCUT2D eigenvalue weighted by Gasteiger charge is -2.14. The zero-order chi connectivity index (χ0) is 14.7. The van der Waals surface area contributed by atoms with E-state index in [-0.39, 0.29) is 17.8 Å². The maximum Gasteiger partial charge on any atom is 0.251 e. The first kappa shape index (κ1) is 14.0. The van der Waals surface area contributed by atoms with Gasteiger partial charge >= 0.3 is 0 Å². The van der Waals surface area contributed by atoms with Gasteiger partial charge in [-0.2, -0.15) is 0 Å². The first-order chi connectivity index (χ1) is 9.45. The average molecular weight is 273 g/mol. The second-order valence-electron chi connectivity index (χ2n) is 4.67. The van der Waals surface area contributed by atoms with Gasteiger partial charge in [0.15, 0.2) is 0 Å². The van der Waals surface area contributed by atoms with E-state index in [1.165, 1.54) is 18.2 Å². The molecule has 0 aliphatic heterocycles. The molecule has 4 nitrogen and oxygen atoms in total. The Kier molecular flexibility index (Phi) is 3.98. The summed E-state index contributed by atoms with van der Waals surface area (Å²) in [5.41, 5.74) is 7.60. The molecular weight excluding hydrogens is 257 g/mol. The Balaban J connectivity index is 2.12. The largest absolute Gasteiger partial charge is 0.384 e. The van der Waals surface area contributed by atoms with E-state index < -0.39 is 0 Å². The molecule has 0 aliphatic rings. The summed E-state index contributed by atoms with van der Waals surface area (Å²) in [5, 5.41) is 2.84. The number of hydrogen-bond donors (Lipinski definition) is 2. The van der Waals surface area contributed by atoms with Crippen molar-refractivity contribution in [2.24, 2.45) is 0 Å². The third-order valence-corrected chi connectivity index (χ3v) is 2.95. The fraction of sp³-hybridized carbons (Fsp3) is 0.200. The van der Waals surface area contributed by atoms with Crippen LogP contribution < -0.4 is 11.1 Å². The van der Waals surface area contributed by atoms with Gasteiger partial charge < -0.3 is 11.1 Å². The van der Waals surface area contributed by atoms with Crippen LogP contribution in [0.25, 0.3) is 0 Å². The highest BCUT2D eigenvalue weighted by Gasteiger charge is 2.12. The normalized spacial score (nSPS) is 11.9. The monoisotopic (exact) mass is 273 g/mol. The van der Waals surface area contributed by atoms with Crippen molar-refractivity contribution in [1.29, 1.82) is 0 Å². The number of rotatable bonds is 3. The van der Waals surface area contributed by atoms with E-state index in [2.05, 4.69) is 10.3 Å². The zero-order valence-corrected chi connectivity index (χ0v) is 11.4. The van der Waals surface area contributed by atoms with Crippen molar-refractivity contribution in [3.63, 3.8) is 0 Å². The van der Waals surface area contributed by atoms with Gasteiger partial charge in [0.05, 0.1) is 6.04 Å². The molecular formula is C15H16FN3O. The van der Waals surface area contributed by atoms with Gasteiger partial charge in [-0.25, -0.2) is 9.37 Å². The van der Waals surface area contributed by atoms with E-state index in [4.69, 9.17) is 5.73 Å². The molecule has 1 aromatic heterocycles. The third kappa shape index (κ3) is 3.32. The molecule has 104 valence electrons. The minimum atomic E-state index is -0.301. The van der Waals surface area contributed by atoms with Gasteiger partial charge in [-0.15, -0.1) is 0 Å². The molecule has 2 rings (SSSR count). The molecule has 0 bridgehead atoms. The van der Waals surface area contributed by atoms with Gasteiger partial charge in [0.25, 0.3) is 5.91 Å². The number of nitrogens with zero attached hydrogens (tertiary/aromatic N) is 1. The van der Waals surface area contributed by atoms with Crippen molar-refractivity contribution in [2.45, 2.75) is 19.9 Å². The molecule has 20 heavy (non-hydrogen) atoms. The lowest BCUT2D eigenvalue weighted by Crippen LogP contribution is -2.26. The van der Waals surface area contributed by atoms with Gasteiger partial charge in [0.1, 0.15) is 11.6 Å². The first-order valence-corrected chi connectivity index (χ1v) is 6.26. The van der Waals surface area contributed by atoms with E-state index in [1.54, 1.807) is 25.1 Å². The van der Waals surface area contributed by atoms with Crippen molar-refractivity contribution >= 4 is 11.7 Å². The third-order valence-electron chi connectivity index (χ3n) is 2.95. The van der Waals surface area contributed by atoms with Crippen LogP contribution in [-0.2, 0) is 0 Å². The summed E-state index contributed by atoms with van der Waals surface area (Å²) in [5.74, 6) is -0.228. The number of carbonyl (C=O) groups excluding carboxylic acids is 1. The Labute approximate surface area is 116 Å². The number of pyridine rings is 1. The smallest absolute Gasteiger partial charge is 0.251 e. The minimum absolute atomic E-state index is 0.224. The molecule has 1 amide bonds. The predicted octanol–water partition coefficient (Wildman–Crippen LogP) is 2.60. The van der Waals surface area contributed by atoms with E-state index in [0.717, 1.165) is 5.56 Å². The average Bonchev–Trinajstić information content (AvgIpc) is 2.38. The number of nitrogen functional groups attached to an aromatic ring is 1. The fourth-order valence-electron chi connectivity index (χ4n) is 1.94. The number of hydrogen-bond acceptors (Lipinski definition) is 3. The molecule has 5 heteroatoms. The molecule has 1 aromatic carbocycles. The summed E-state index contributed by atoms with van der Waals surface area (Å²) >= 11 is 0. The van der Waals surface area contributed by atoms with Crippen LogP contribution in [0.2, 0.25) is 0 Å². The highest BCUT2D eigenvalue weighted by molar-refractivity contribution is 5.95.